The highest BCUT2D eigenvalue weighted by molar-refractivity contribution is 4.96. The van der Waals surface area contributed by atoms with Crippen LogP contribution in [0, 0.1) is 0 Å². The third kappa shape index (κ3) is 3.94. The first kappa shape index (κ1) is 16.2. The van der Waals surface area contributed by atoms with Gasteiger partial charge in [-0.05, 0) is 51.6 Å². The van der Waals surface area contributed by atoms with Gasteiger partial charge in [0.15, 0.2) is 0 Å². The molecule has 0 aromatic rings. The molecule has 1 saturated heterocycles. The fraction of sp³-hybridized carbons (Fsp3) is 1.00. The molecule has 118 valence electrons. The molecule has 0 aromatic heterocycles. The number of aliphatic hydroxyl groups is 1. The Balaban J connectivity index is 1.94. The molecular formula is C16H32N2O2. The molecule has 3 atom stereocenters. The highest BCUT2D eigenvalue weighted by atomic mass is 16.5. The van der Waals surface area contributed by atoms with Crippen LogP contribution in [0.2, 0.25) is 0 Å². The Labute approximate surface area is 123 Å². The zero-order valence-electron chi connectivity index (χ0n) is 13.2. The van der Waals surface area contributed by atoms with E-state index in [4.69, 9.17) is 4.74 Å². The van der Waals surface area contributed by atoms with E-state index in [1.807, 2.05) is 0 Å². The largest absolute Gasteiger partial charge is 0.394 e. The van der Waals surface area contributed by atoms with E-state index in [0.29, 0.717) is 12.1 Å². The summed E-state index contributed by atoms with van der Waals surface area (Å²) in [5, 5.41) is 13.4. The van der Waals surface area contributed by atoms with Gasteiger partial charge in [0.25, 0.3) is 0 Å². The minimum Gasteiger partial charge on any atom is -0.394 e. The van der Waals surface area contributed by atoms with Gasteiger partial charge in [0, 0.05) is 24.7 Å². The van der Waals surface area contributed by atoms with Gasteiger partial charge in [-0.3, -0.25) is 4.90 Å². The normalized spacial score (nSPS) is 34.8. The number of likely N-dealkylation sites (N-methyl/N-ethyl adjacent to an activating group) is 2. The lowest BCUT2D eigenvalue weighted by Gasteiger charge is -2.44. The molecule has 0 amide bonds. The molecular weight excluding hydrogens is 252 g/mol. The van der Waals surface area contributed by atoms with Crippen molar-refractivity contribution in [2.45, 2.75) is 70.1 Å². The van der Waals surface area contributed by atoms with Crippen molar-refractivity contribution in [2.24, 2.45) is 0 Å². The summed E-state index contributed by atoms with van der Waals surface area (Å²) in [6.45, 7) is 8.65. The van der Waals surface area contributed by atoms with Crippen LogP contribution in [0.4, 0.5) is 0 Å². The maximum atomic E-state index is 9.82. The SMILES string of the molecule is CCNC1(CO)CCCC(N(CC)CC2CCCO2)C1. The van der Waals surface area contributed by atoms with E-state index in [0.717, 1.165) is 39.1 Å². The standard InChI is InChI=1S/C16H32N2O2/c1-3-17-16(13-19)9-5-7-14(11-16)18(4-2)12-15-8-6-10-20-15/h14-15,17,19H,3-13H2,1-2H3. The van der Waals surface area contributed by atoms with Crippen LogP contribution in [0.1, 0.15) is 52.4 Å². The Morgan fingerprint density at radius 1 is 1.30 bits per heavy atom. The van der Waals surface area contributed by atoms with Crippen molar-refractivity contribution in [3.63, 3.8) is 0 Å². The molecule has 1 saturated carbocycles. The number of hydrogen-bond donors (Lipinski definition) is 2. The van der Waals surface area contributed by atoms with Crippen LogP contribution in [0.25, 0.3) is 0 Å². The quantitative estimate of drug-likeness (QED) is 0.748. The molecule has 1 heterocycles. The summed E-state index contributed by atoms with van der Waals surface area (Å²) in [5.41, 5.74) is -0.0539. The van der Waals surface area contributed by atoms with Crippen molar-refractivity contribution in [1.82, 2.24) is 10.2 Å². The van der Waals surface area contributed by atoms with Crippen LogP contribution in [0.15, 0.2) is 0 Å². The van der Waals surface area contributed by atoms with E-state index in [2.05, 4.69) is 24.1 Å². The lowest BCUT2D eigenvalue weighted by atomic mass is 9.78. The lowest BCUT2D eigenvalue weighted by molar-refractivity contribution is 0.0248. The molecule has 2 N–H and O–H groups in total. The predicted octanol–water partition coefficient (Wildman–Crippen LogP) is 1.77. The van der Waals surface area contributed by atoms with E-state index in [-0.39, 0.29) is 12.1 Å². The average molecular weight is 284 g/mol. The van der Waals surface area contributed by atoms with Gasteiger partial charge >= 0.3 is 0 Å². The Morgan fingerprint density at radius 2 is 2.15 bits per heavy atom. The molecule has 1 aliphatic carbocycles. The Bertz CT molecular complexity index is 278. The smallest absolute Gasteiger partial charge is 0.0702 e. The minimum absolute atomic E-state index is 0.0539. The fourth-order valence-electron chi connectivity index (χ4n) is 3.96. The summed E-state index contributed by atoms with van der Waals surface area (Å²) in [6, 6.07) is 0.587. The zero-order valence-corrected chi connectivity index (χ0v) is 13.2. The van der Waals surface area contributed by atoms with Gasteiger partial charge in [-0.25, -0.2) is 0 Å². The average Bonchev–Trinajstić information content (AvgIpc) is 2.98. The van der Waals surface area contributed by atoms with Crippen LogP contribution in [0.3, 0.4) is 0 Å². The molecule has 20 heavy (non-hydrogen) atoms. The van der Waals surface area contributed by atoms with Crippen molar-refractivity contribution in [3.8, 4) is 0 Å². The third-order valence-electron chi connectivity index (χ3n) is 5.06. The van der Waals surface area contributed by atoms with Crippen LogP contribution in [0.5, 0.6) is 0 Å². The van der Waals surface area contributed by atoms with E-state index in [1.165, 1.54) is 25.7 Å². The lowest BCUT2D eigenvalue weighted by Crippen LogP contribution is -2.56. The van der Waals surface area contributed by atoms with Gasteiger partial charge in [-0.1, -0.05) is 13.8 Å². The molecule has 1 aliphatic heterocycles. The second-order valence-electron chi connectivity index (χ2n) is 6.44. The molecule has 3 unspecified atom stereocenters. The van der Waals surface area contributed by atoms with Crippen molar-refractivity contribution < 1.29 is 9.84 Å². The number of nitrogens with one attached hydrogen (secondary N) is 1. The van der Waals surface area contributed by atoms with Crippen molar-refractivity contribution in [1.29, 1.82) is 0 Å². The Hall–Kier alpha value is -0.160. The molecule has 2 fully saturated rings. The first-order chi connectivity index (χ1) is 9.73. The zero-order chi connectivity index (χ0) is 14.4. The first-order valence-corrected chi connectivity index (χ1v) is 8.44. The Morgan fingerprint density at radius 3 is 2.75 bits per heavy atom. The topological polar surface area (TPSA) is 44.7 Å². The summed E-state index contributed by atoms with van der Waals surface area (Å²) < 4.78 is 5.80. The monoisotopic (exact) mass is 284 g/mol. The van der Waals surface area contributed by atoms with Gasteiger partial charge in [-0.2, -0.15) is 0 Å². The van der Waals surface area contributed by atoms with Crippen LogP contribution in [-0.4, -0.2) is 60.5 Å². The van der Waals surface area contributed by atoms with Crippen molar-refractivity contribution in [2.75, 3.05) is 32.8 Å². The summed E-state index contributed by atoms with van der Waals surface area (Å²) in [4.78, 5) is 2.58. The predicted molar refractivity (Wildman–Crippen MR) is 82.0 cm³/mol. The van der Waals surface area contributed by atoms with Gasteiger partial charge in [0.05, 0.1) is 12.7 Å². The van der Waals surface area contributed by atoms with Gasteiger partial charge in [0.2, 0.25) is 0 Å². The van der Waals surface area contributed by atoms with E-state index in [9.17, 15) is 5.11 Å². The van der Waals surface area contributed by atoms with Crippen molar-refractivity contribution in [3.05, 3.63) is 0 Å². The maximum Gasteiger partial charge on any atom is 0.0702 e. The number of rotatable bonds is 7. The van der Waals surface area contributed by atoms with Crippen LogP contribution >= 0.6 is 0 Å². The molecule has 2 rings (SSSR count). The first-order valence-electron chi connectivity index (χ1n) is 8.44. The van der Waals surface area contributed by atoms with Gasteiger partial charge in [-0.15, -0.1) is 0 Å². The molecule has 4 heteroatoms. The van der Waals surface area contributed by atoms with Crippen LogP contribution < -0.4 is 5.32 Å². The molecule has 0 radical (unpaired) electrons. The Kier molecular flexibility index (Phi) is 6.27. The number of hydrogen-bond acceptors (Lipinski definition) is 4. The molecule has 0 bridgehead atoms. The van der Waals surface area contributed by atoms with Crippen molar-refractivity contribution >= 4 is 0 Å². The summed E-state index contributed by atoms with van der Waals surface area (Å²) in [5.74, 6) is 0. The van der Waals surface area contributed by atoms with E-state index < -0.39 is 0 Å². The molecule has 4 nitrogen and oxygen atoms in total. The highest BCUT2D eigenvalue weighted by Crippen LogP contribution is 2.31. The molecule has 0 aromatic carbocycles. The minimum atomic E-state index is -0.0539. The van der Waals surface area contributed by atoms with E-state index >= 15 is 0 Å². The summed E-state index contributed by atoms with van der Waals surface area (Å²) in [7, 11) is 0. The van der Waals surface area contributed by atoms with E-state index in [1.54, 1.807) is 0 Å². The second-order valence-corrected chi connectivity index (χ2v) is 6.44. The van der Waals surface area contributed by atoms with Crippen LogP contribution in [-0.2, 0) is 4.74 Å². The summed E-state index contributed by atoms with van der Waals surface area (Å²) >= 11 is 0. The number of ether oxygens (including phenoxy) is 1. The summed E-state index contributed by atoms with van der Waals surface area (Å²) in [6.07, 6.45) is 7.49. The maximum absolute atomic E-state index is 9.82. The van der Waals surface area contributed by atoms with Gasteiger partial charge < -0.3 is 15.2 Å². The highest BCUT2D eigenvalue weighted by Gasteiger charge is 2.37. The number of aliphatic hydroxyl groups excluding tert-OH is 1. The molecule has 0 spiro atoms. The van der Waals surface area contributed by atoms with Gasteiger partial charge in [0.1, 0.15) is 0 Å². The number of nitrogens with zero attached hydrogens (tertiary/aromatic N) is 1. The fourth-order valence-corrected chi connectivity index (χ4v) is 3.96. The molecule has 2 aliphatic rings. The third-order valence-corrected chi connectivity index (χ3v) is 5.06. The second kappa shape index (κ2) is 7.74.